The van der Waals surface area contributed by atoms with E-state index < -0.39 is 6.61 Å². The molecular weight excluding hydrogens is 434 g/mol. The fourth-order valence-electron chi connectivity index (χ4n) is 2.42. The summed E-state index contributed by atoms with van der Waals surface area (Å²) in [5.41, 5.74) is 0.670. The van der Waals surface area contributed by atoms with Gasteiger partial charge >= 0.3 is 6.61 Å². The molecule has 1 N–H and O–H groups in total. The van der Waals surface area contributed by atoms with Crippen molar-refractivity contribution in [2.24, 2.45) is 0 Å². The van der Waals surface area contributed by atoms with Crippen LogP contribution in [0.3, 0.4) is 0 Å². The van der Waals surface area contributed by atoms with Crippen molar-refractivity contribution >= 4 is 34.1 Å². The van der Waals surface area contributed by atoms with Crippen molar-refractivity contribution < 1.29 is 18.3 Å². The number of halogens is 2. The number of carbonyl (C=O) groups excluding carboxylic acids is 1. The van der Waals surface area contributed by atoms with Crippen LogP contribution < -0.4 is 10.1 Å². The van der Waals surface area contributed by atoms with Gasteiger partial charge in [-0.2, -0.15) is 8.78 Å². The molecule has 0 aliphatic rings. The average Bonchev–Trinajstić information content (AvgIpc) is 3.34. The maximum Gasteiger partial charge on any atom is 0.387 e. The van der Waals surface area contributed by atoms with E-state index in [1.807, 2.05) is 6.92 Å². The minimum atomic E-state index is -2.89. The summed E-state index contributed by atoms with van der Waals surface area (Å²) in [6.45, 7) is 3.23. The zero-order valence-electron chi connectivity index (χ0n) is 15.9. The topological polar surface area (TPSA) is 94.8 Å². The van der Waals surface area contributed by atoms with Gasteiger partial charge in [-0.1, -0.05) is 36.1 Å². The lowest BCUT2D eigenvalue weighted by atomic mass is 10.2. The first-order valence-electron chi connectivity index (χ1n) is 8.84. The van der Waals surface area contributed by atoms with Crippen molar-refractivity contribution in [2.75, 3.05) is 11.1 Å². The van der Waals surface area contributed by atoms with Gasteiger partial charge in [-0.15, -0.1) is 27.0 Å². The average molecular weight is 453 g/mol. The number of aryl methyl sites for hydroxylation is 1. The molecule has 0 spiro atoms. The molecule has 158 valence electrons. The van der Waals surface area contributed by atoms with Crippen LogP contribution in [-0.4, -0.2) is 43.2 Å². The number of thioether (sulfide) groups is 1. The number of ether oxygens (including phenoxy) is 1. The maximum atomic E-state index is 12.3. The predicted molar refractivity (Wildman–Crippen MR) is 111 cm³/mol. The van der Waals surface area contributed by atoms with Crippen LogP contribution in [0.1, 0.15) is 11.9 Å². The Labute approximate surface area is 179 Å². The molecule has 1 aromatic carbocycles. The highest BCUT2D eigenvalue weighted by Crippen LogP contribution is 2.26. The van der Waals surface area contributed by atoms with Crippen LogP contribution in [0.5, 0.6) is 5.75 Å². The van der Waals surface area contributed by atoms with Gasteiger partial charge in [-0.05, 0) is 30.7 Å². The van der Waals surface area contributed by atoms with Crippen LogP contribution in [0.2, 0.25) is 0 Å². The second kappa shape index (κ2) is 10.3. The standard InChI is InChI=1S/C18H18F2N6O2S2/c1-3-9-26-15(11-5-7-12(8-6-11)28-16(19)20)23-25-18(26)29-10-13(27)21-17-24-22-14(4-2)30-17/h3,5-8,16H,1,4,9-10H2,2H3,(H,21,24,27). The number of alkyl halides is 2. The Kier molecular flexibility index (Phi) is 7.46. The Balaban J connectivity index is 1.69. The zero-order chi connectivity index (χ0) is 21.5. The van der Waals surface area contributed by atoms with Crippen molar-refractivity contribution in [3.8, 4) is 17.1 Å². The minimum Gasteiger partial charge on any atom is -0.435 e. The summed E-state index contributed by atoms with van der Waals surface area (Å²) in [7, 11) is 0. The van der Waals surface area contributed by atoms with E-state index in [-0.39, 0.29) is 17.4 Å². The molecule has 3 rings (SSSR count). The lowest BCUT2D eigenvalue weighted by molar-refractivity contribution is -0.113. The number of nitrogens with one attached hydrogen (secondary N) is 1. The van der Waals surface area contributed by atoms with E-state index in [0.717, 1.165) is 11.4 Å². The first-order chi connectivity index (χ1) is 14.5. The van der Waals surface area contributed by atoms with Gasteiger partial charge in [-0.25, -0.2) is 0 Å². The molecule has 0 atom stereocenters. The molecule has 8 nitrogen and oxygen atoms in total. The summed E-state index contributed by atoms with van der Waals surface area (Å²) in [5.74, 6) is 0.454. The molecule has 30 heavy (non-hydrogen) atoms. The molecule has 0 unspecified atom stereocenters. The van der Waals surface area contributed by atoms with Gasteiger partial charge in [0.25, 0.3) is 0 Å². The smallest absolute Gasteiger partial charge is 0.387 e. The normalized spacial score (nSPS) is 10.9. The number of aromatic nitrogens is 5. The van der Waals surface area contributed by atoms with Gasteiger partial charge in [0.05, 0.1) is 5.75 Å². The molecular formula is C18H18F2N6O2S2. The maximum absolute atomic E-state index is 12.3. The van der Waals surface area contributed by atoms with E-state index in [9.17, 15) is 13.6 Å². The van der Waals surface area contributed by atoms with Gasteiger partial charge in [-0.3, -0.25) is 14.7 Å². The quantitative estimate of drug-likeness (QED) is 0.368. The van der Waals surface area contributed by atoms with E-state index >= 15 is 0 Å². The molecule has 0 aliphatic heterocycles. The van der Waals surface area contributed by atoms with E-state index in [1.54, 1.807) is 22.8 Å². The van der Waals surface area contributed by atoms with E-state index in [0.29, 0.717) is 28.2 Å². The molecule has 12 heteroatoms. The Morgan fingerprint density at radius 3 is 2.70 bits per heavy atom. The minimum absolute atomic E-state index is 0.0534. The van der Waals surface area contributed by atoms with E-state index in [2.05, 4.69) is 37.0 Å². The number of hydrogen-bond acceptors (Lipinski definition) is 8. The Morgan fingerprint density at radius 2 is 2.07 bits per heavy atom. The number of nitrogens with zero attached hydrogens (tertiary/aromatic N) is 5. The Hall–Kier alpha value is -2.86. The van der Waals surface area contributed by atoms with Gasteiger partial charge < -0.3 is 4.74 Å². The summed E-state index contributed by atoms with van der Waals surface area (Å²) < 4.78 is 30.8. The summed E-state index contributed by atoms with van der Waals surface area (Å²) in [5, 5.41) is 20.7. The van der Waals surface area contributed by atoms with Crippen LogP contribution in [0.25, 0.3) is 11.4 Å². The molecule has 0 radical (unpaired) electrons. The molecule has 0 bridgehead atoms. The first-order valence-corrected chi connectivity index (χ1v) is 10.6. The summed E-state index contributed by atoms with van der Waals surface area (Å²) in [6.07, 6.45) is 2.43. The molecule has 0 aliphatic carbocycles. The van der Waals surface area contributed by atoms with Gasteiger partial charge in [0.1, 0.15) is 10.8 Å². The lowest BCUT2D eigenvalue weighted by Crippen LogP contribution is -2.14. The van der Waals surface area contributed by atoms with Crippen molar-refractivity contribution in [2.45, 2.75) is 31.7 Å². The predicted octanol–water partition coefficient (Wildman–Crippen LogP) is 3.88. The lowest BCUT2D eigenvalue weighted by Gasteiger charge is -2.09. The van der Waals surface area contributed by atoms with Crippen LogP contribution in [0.4, 0.5) is 13.9 Å². The van der Waals surface area contributed by atoms with Gasteiger partial charge in [0, 0.05) is 12.1 Å². The second-order valence-corrected chi connectivity index (χ2v) is 7.80. The zero-order valence-corrected chi connectivity index (χ0v) is 17.6. The van der Waals surface area contributed by atoms with Crippen LogP contribution >= 0.6 is 23.1 Å². The van der Waals surface area contributed by atoms with Crippen molar-refractivity contribution in [1.29, 1.82) is 0 Å². The van der Waals surface area contributed by atoms with Gasteiger partial charge in [0.2, 0.25) is 11.0 Å². The third-order valence-electron chi connectivity index (χ3n) is 3.71. The van der Waals surface area contributed by atoms with E-state index in [4.69, 9.17) is 0 Å². The Bertz CT molecular complexity index is 1010. The molecule has 0 fully saturated rings. The van der Waals surface area contributed by atoms with Crippen molar-refractivity contribution in [1.82, 2.24) is 25.0 Å². The molecule has 2 aromatic heterocycles. The largest absolute Gasteiger partial charge is 0.435 e. The number of benzene rings is 1. The van der Waals surface area contributed by atoms with E-state index in [1.165, 1.54) is 35.2 Å². The summed E-state index contributed by atoms with van der Waals surface area (Å²) in [6, 6.07) is 6.09. The molecule has 2 heterocycles. The molecule has 1 amide bonds. The first kappa shape index (κ1) is 21.8. The van der Waals surface area contributed by atoms with Crippen LogP contribution in [0.15, 0.2) is 42.1 Å². The third-order valence-corrected chi connectivity index (χ3v) is 5.66. The number of hydrogen-bond donors (Lipinski definition) is 1. The number of carbonyl (C=O) groups is 1. The fourth-order valence-corrected chi connectivity index (χ4v) is 3.86. The van der Waals surface area contributed by atoms with Crippen molar-refractivity contribution in [3.05, 3.63) is 41.9 Å². The fraction of sp³-hybridized carbons (Fsp3) is 0.278. The number of allylic oxidation sites excluding steroid dienone is 1. The van der Waals surface area contributed by atoms with Crippen LogP contribution in [-0.2, 0) is 17.8 Å². The highest BCUT2D eigenvalue weighted by Gasteiger charge is 2.16. The molecule has 0 saturated heterocycles. The van der Waals surface area contributed by atoms with Crippen LogP contribution in [0, 0.1) is 0 Å². The van der Waals surface area contributed by atoms with Crippen molar-refractivity contribution in [3.63, 3.8) is 0 Å². The highest BCUT2D eigenvalue weighted by atomic mass is 32.2. The summed E-state index contributed by atoms with van der Waals surface area (Å²) in [4.78, 5) is 12.2. The highest BCUT2D eigenvalue weighted by molar-refractivity contribution is 7.99. The number of amides is 1. The third kappa shape index (κ3) is 5.60. The SMILES string of the molecule is C=CCn1c(SCC(=O)Nc2nnc(CC)s2)nnc1-c1ccc(OC(F)F)cc1. The molecule has 0 saturated carbocycles. The number of anilines is 1. The monoisotopic (exact) mass is 452 g/mol. The summed E-state index contributed by atoms with van der Waals surface area (Å²) >= 11 is 2.55. The molecule has 3 aromatic rings. The number of rotatable bonds is 10. The van der Waals surface area contributed by atoms with Gasteiger partial charge in [0.15, 0.2) is 11.0 Å². The Morgan fingerprint density at radius 1 is 1.30 bits per heavy atom. The second-order valence-electron chi connectivity index (χ2n) is 5.80.